The van der Waals surface area contributed by atoms with Gasteiger partial charge in [-0.1, -0.05) is 12.1 Å². The molecule has 0 aliphatic carbocycles. The fourth-order valence-corrected chi connectivity index (χ4v) is 2.07. The average Bonchev–Trinajstić information content (AvgIpc) is 2.71. The van der Waals surface area contributed by atoms with Crippen LogP contribution in [-0.4, -0.2) is 27.3 Å². The zero-order valence-electron chi connectivity index (χ0n) is 11.5. The summed E-state index contributed by atoms with van der Waals surface area (Å²) in [6, 6.07) is 6.54. The zero-order valence-corrected chi connectivity index (χ0v) is 11.5. The summed E-state index contributed by atoms with van der Waals surface area (Å²) in [5.41, 5.74) is 1.75. The molecule has 2 aromatic rings. The minimum absolute atomic E-state index is 0.149. The van der Waals surface area contributed by atoms with Gasteiger partial charge in [-0.15, -0.1) is 0 Å². The second-order valence-electron chi connectivity index (χ2n) is 4.52. The van der Waals surface area contributed by atoms with Crippen molar-refractivity contribution in [3.8, 4) is 5.69 Å². The lowest BCUT2D eigenvalue weighted by Crippen LogP contribution is -2.21. The number of hydrogen-bond donors (Lipinski definition) is 1. The first-order valence-corrected chi connectivity index (χ1v) is 6.07. The van der Waals surface area contributed by atoms with E-state index in [1.807, 2.05) is 6.92 Å². The maximum atomic E-state index is 12.0. The fraction of sp³-hybridized carbons (Fsp3) is 0.286. The van der Waals surface area contributed by atoms with E-state index in [0.717, 1.165) is 5.69 Å². The van der Waals surface area contributed by atoms with Crippen LogP contribution in [0.3, 0.4) is 0 Å². The Morgan fingerprint density at radius 3 is 2.35 bits per heavy atom. The van der Waals surface area contributed by atoms with Gasteiger partial charge >= 0.3 is 11.7 Å². The van der Waals surface area contributed by atoms with Crippen molar-refractivity contribution in [3.05, 3.63) is 52.2 Å². The zero-order chi connectivity index (χ0) is 14.9. The second kappa shape index (κ2) is 5.34. The summed E-state index contributed by atoms with van der Waals surface area (Å²) in [4.78, 5) is 23.2. The third-order valence-corrected chi connectivity index (χ3v) is 3.12. The van der Waals surface area contributed by atoms with E-state index in [2.05, 4.69) is 4.74 Å². The molecule has 1 unspecified atom stereocenters. The van der Waals surface area contributed by atoms with Crippen molar-refractivity contribution in [1.29, 1.82) is 0 Å². The van der Waals surface area contributed by atoms with Gasteiger partial charge in [0, 0.05) is 18.9 Å². The molecule has 0 saturated heterocycles. The van der Waals surface area contributed by atoms with Crippen LogP contribution in [0, 0.1) is 6.92 Å². The number of imidazole rings is 1. The molecule has 2 rings (SSSR count). The predicted octanol–water partition coefficient (Wildman–Crippen LogP) is 0.691. The SMILES string of the molecule is COC(=O)C(O)c1ccc(-n2c(C)cn(C)c2=O)cc1. The lowest BCUT2D eigenvalue weighted by molar-refractivity contribution is -0.150. The smallest absolute Gasteiger partial charge is 0.339 e. The van der Waals surface area contributed by atoms with Crippen molar-refractivity contribution in [2.24, 2.45) is 7.05 Å². The molecule has 1 aromatic heterocycles. The highest BCUT2D eigenvalue weighted by atomic mass is 16.5. The maximum Gasteiger partial charge on any atom is 0.339 e. The van der Waals surface area contributed by atoms with Gasteiger partial charge in [-0.2, -0.15) is 0 Å². The minimum Gasteiger partial charge on any atom is -0.467 e. The van der Waals surface area contributed by atoms with E-state index in [1.54, 1.807) is 42.1 Å². The normalized spacial score (nSPS) is 12.2. The van der Waals surface area contributed by atoms with Crippen molar-refractivity contribution in [2.75, 3.05) is 7.11 Å². The largest absolute Gasteiger partial charge is 0.467 e. The summed E-state index contributed by atoms with van der Waals surface area (Å²) in [6.45, 7) is 1.83. The molecule has 1 heterocycles. The summed E-state index contributed by atoms with van der Waals surface area (Å²) in [6.07, 6.45) is 0.419. The Morgan fingerprint density at radius 1 is 1.30 bits per heavy atom. The van der Waals surface area contributed by atoms with Gasteiger partial charge in [0.2, 0.25) is 0 Å². The van der Waals surface area contributed by atoms with Crippen LogP contribution in [0.1, 0.15) is 17.4 Å². The van der Waals surface area contributed by atoms with Crippen LogP contribution in [0.4, 0.5) is 0 Å². The third-order valence-electron chi connectivity index (χ3n) is 3.12. The molecule has 0 fully saturated rings. The standard InChI is InChI=1S/C14H16N2O4/c1-9-8-15(2)14(19)16(9)11-6-4-10(5-7-11)12(17)13(18)20-3/h4-8,12,17H,1-3H3. The maximum absolute atomic E-state index is 12.0. The van der Waals surface area contributed by atoms with Crippen LogP contribution < -0.4 is 5.69 Å². The Morgan fingerprint density at radius 2 is 1.90 bits per heavy atom. The number of benzene rings is 1. The molecule has 106 valence electrons. The predicted molar refractivity (Wildman–Crippen MR) is 72.7 cm³/mol. The molecular weight excluding hydrogens is 260 g/mol. The summed E-state index contributed by atoms with van der Waals surface area (Å²) < 4.78 is 7.52. The van der Waals surface area contributed by atoms with Crippen molar-refractivity contribution < 1.29 is 14.6 Å². The van der Waals surface area contributed by atoms with Gasteiger partial charge in [-0.05, 0) is 24.6 Å². The summed E-state index contributed by atoms with van der Waals surface area (Å²) in [5, 5.41) is 9.72. The van der Waals surface area contributed by atoms with Crippen LogP contribution in [0.5, 0.6) is 0 Å². The van der Waals surface area contributed by atoms with Gasteiger partial charge in [-0.25, -0.2) is 9.59 Å². The molecule has 0 radical (unpaired) electrons. The summed E-state index contributed by atoms with van der Waals surface area (Å²) in [5.74, 6) is -0.717. The van der Waals surface area contributed by atoms with Gasteiger partial charge in [0.1, 0.15) is 0 Å². The molecule has 0 saturated carbocycles. The molecule has 1 atom stereocenters. The van der Waals surface area contributed by atoms with Crippen LogP contribution >= 0.6 is 0 Å². The van der Waals surface area contributed by atoms with Gasteiger partial charge in [0.15, 0.2) is 6.10 Å². The van der Waals surface area contributed by atoms with Crippen LogP contribution in [-0.2, 0) is 16.6 Å². The topological polar surface area (TPSA) is 73.5 Å². The molecule has 6 heteroatoms. The quantitative estimate of drug-likeness (QED) is 0.837. The van der Waals surface area contributed by atoms with Crippen molar-refractivity contribution >= 4 is 5.97 Å². The number of carbonyl (C=O) groups excluding carboxylic acids is 1. The molecule has 0 aliphatic heterocycles. The van der Waals surface area contributed by atoms with Crippen LogP contribution in [0.15, 0.2) is 35.3 Å². The average molecular weight is 276 g/mol. The second-order valence-corrected chi connectivity index (χ2v) is 4.52. The van der Waals surface area contributed by atoms with Crippen LogP contribution in [0.2, 0.25) is 0 Å². The number of rotatable bonds is 3. The number of aliphatic hydroxyl groups excluding tert-OH is 1. The Bertz CT molecular complexity index is 682. The van der Waals surface area contributed by atoms with Crippen LogP contribution in [0.25, 0.3) is 5.69 Å². The first kappa shape index (κ1) is 14.1. The summed E-state index contributed by atoms with van der Waals surface area (Å²) in [7, 11) is 2.90. The van der Waals surface area contributed by atoms with E-state index in [1.165, 1.54) is 11.7 Å². The number of aryl methyl sites for hydroxylation is 2. The highest BCUT2D eigenvalue weighted by Crippen LogP contribution is 2.17. The van der Waals surface area contributed by atoms with E-state index in [9.17, 15) is 14.7 Å². The molecule has 0 bridgehead atoms. The third kappa shape index (κ3) is 2.37. The number of carbonyl (C=O) groups is 1. The number of hydrogen-bond acceptors (Lipinski definition) is 4. The Labute approximate surface area is 115 Å². The molecule has 1 N–H and O–H groups in total. The minimum atomic E-state index is -1.32. The molecule has 0 aliphatic rings. The number of esters is 1. The first-order chi connectivity index (χ1) is 9.45. The first-order valence-electron chi connectivity index (χ1n) is 6.07. The van der Waals surface area contributed by atoms with Crippen molar-refractivity contribution in [2.45, 2.75) is 13.0 Å². The molecule has 0 spiro atoms. The highest BCUT2D eigenvalue weighted by Gasteiger charge is 2.18. The summed E-state index contributed by atoms with van der Waals surface area (Å²) >= 11 is 0. The van der Waals surface area contributed by atoms with Gasteiger partial charge in [-0.3, -0.25) is 4.57 Å². The van der Waals surface area contributed by atoms with Crippen molar-refractivity contribution in [1.82, 2.24) is 9.13 Å². The van der Waals surface area contributed by atoms with E-state index < -0.39 is 12.1 Å². The van der Waals surface area contributed by atoms with Gasteiger partial charge in [0.25, 0.3) is 0 Å². The molecule has 0 amide bonds. The molecular formula is C14H16N2O4. The van der Waals surface area contributed by atoms with Gasteiger partial charge < -0.3 is 14.4 Å². The van der Waals surface area contributed by atoms with Gasteiger partial charge in [0.05, 0.1) is 12.8 Å². The van der Waals surface area contributed by atoms with Crippen molar-refractivity contribution in [3.63, 3.8) is 0 Å². The van der Waals surface area contributed by atoms with E-state index in [0.29, 0.717) is 11.3 Å². The number of aliphatic hydroxyl groups is 1. The molecule has 6 nitrogen and oxygen atoms in total. The number of ether oxygens (including phenoxy) is 1. The Hall–Kier alpha value is -2.34. The van der Waals surface area contributed by atoms with E-state index in [4.69, 9.17) is 0 Å². The lowest BCUT2D eigenvalue weighted by atomic mass is 10.1. The number of methoxy groups -OCH3 is 1. The fourth-order valence-electron chi connectivity index (χ4n) is 2.07. The Kier molecular flexibility index (Phi) is 3.76. The monoisotopic (exact) mass is 276 g/mol. The number of nitrogens with zero attached hydrogens (tertiary/aromatic N) is 2. The molecule has 20 heavy (non-hydrogen) atoms. The lowest BCUT2D eigenvalue weighted by Gasteiger charge is -2.10. The highest BCUT2D eigenvalue weighted by molar-refractivity contribution is 5.76. The Balaban J connectivity index is 2.38. The number of aromatic nitrogens is 2. The van der Waals surface area contributed by atoms with E-state index >= 15 is 0 Å². The van der Waals surface area contributed by atoms with E-state index in [-0.39, 0.29) is 5.69 Å². The molecule has 1 aromatic carbocycles.